The summed E-state index contributed by atoms with van der Waals surface area (Å²) in [5, 5.41) is 2.95. The van der Waals surface area contributed by atoms with Crippen LogP contribution in [0.2, 0.25) is 0 Å². The van der Waals surface area contributed by atoms with E-state index in [1.54, 1.807) is 25.1 Å². The lowest BCUT2D eigenvalue weighted by Gasteiger charge is -2.33. The predicted octanol–water partition coefficient (Wildman–Crippen LogP) is 6.74. The second-order valence-corrected chi connectivity index (χ2v) is 16.5. The first kappa shape index (κ1) is 40.7. The summed E-state index contributed by atoms with van der Waals surface area (Å²) >= 11 is 0. The van der Waals surface area contributed by atoms with Gasteiger partial charge in [-0.05, 0) is 119 Å². The smallest absolute Gasteiger partial charge is 0.255 e. The topological polar surface area (TPSA) is 111 Å². The number of unbranched alkanes of at least 4 members (excludes halogenated alkanes) is 4. The number of amides is 3. The SMILES string of the molecule is Cc1cc2c(N3CCN(C)CC3)ncnc2c(F)c1-c1c(F)cccc1OCCCCCCCN1CCC(c2cc(F)cc3c2CN(C2CCC(=O)NC2=O)C3=O)CC1. The largest absolute Gasteiger partial charge is 0.493 e. The van der Waals surface area contributed by atoms with Crippen LogP contribution in [0.25, 0.3) is 22.0 Å². The highest BCUT2D eigenvalue weighted by molar-refractivity contribution is 6.05. The Morgan fingerprint density at radius 2 is 1.63 bits per heavy atom. The molecule has 4 aliphatic heterocycles. The van der Waals surface area contributed by atoms with E-state index >= 15 is 8.78 Å². The van der Waals surface area contributed by atoms with Crippen molar-refractivity contribution < 1.29 is 32.3 Å². The number of aryl methyl sites for hydroxylation is 1. The van der Waals surface area contributed by atoms with Gasteiger partial charge in [-0.3, -0.25) is 19.7 Å². The Morgan fingerprint density at radius 1 is 0.864 bits per heavy atom. The van der Waals surface area contributed by atoms with Crippen molar-refractivity contribution in [2.24, 2.45) is 0 Å². The minimum absolute atomic E-state index is 0.109. The van der Waals surface area contributed by atoms with Crippen LogP contribution in [0.4, 0.5) is 19.0 Å². The second-order valence-electron chi connectivity index (χ2n) is 16.5. The quantitative estimate of drug-likeness (QED) is 0.116. The first-order valence-electron chi connectivity index (χ1n) is 21.1. The summed E-state index contributed by atoms with van der Waals surface area (Å²) in [6.45, 7) is 8.47. The average Bonchev–Trinajstić information content (AvgIpc) is 3.54. The molecule has 0 aliphatic carbocycles. The Balaban J connectivity index is 0.799. The Morgan fingerprint density at radius 3 is 2.41 bits per heavy atom. The molecule has 4 aromatic rings. The van der Waals surface area contributed by atoms with E-state index in [0.717, 1.165) is 102 Å². The highest BCUT2D eigenvalue weighted by Gasteiger charge is 2.41. The van der Waals surface area contributed by atoms with Gasteiger partial charge in [0.15, 0.2) is 5.82 Å². The summed E-state index contributed by atoms with van der Waals surface area (Å²) in [5.41, 5.74) is 3.01. The van der Waals surface area contributed by atoms with Crippen molar-refractivity contribution in [2.45, 2.75) is 83.2 Å². The van der Waals surface area contributed by atoms with Crippen LogP contribution in [0.5, 0.6) is 5.75 Å². The molecule has 59 heavy (non-hydrogen) atoms. The van der Waals surface area contributed by atoms with Crippen LogP contribution in [-0.2, 0) is 16.1 Å². The molecule has 8 rings (SSSR count). The monoisotopic (exact) mass is 811 g/mol. The first-order valence-corrected chi connectivity index (χ1v) is 21.1. The third-order valence-electron chi connectivity index (χ3n) is 12.6. The molecule has 3 fully saturated rings. The van der Waals surface area contributed by atoms with Crippen LogP contribution < -0.4 is 15.0 Å². The highest BCUT2D eigenvalue weighted by atomic mass is 19.1. The lowest BCUT2D eigenvalue weighted by Crippen LogP contribution is -2.52. The number of hydrogen-bond acceptors (Lipinski definition) is 9. The zero-order chi connectivity index (χ0) is 41.2. The predicted molar refractivity (Wildman–Crippen MR) is 219 cm³/mol. The third kappa shape index (κ3) is 8.52. The molecule has 4 aliphatic rings. The van der Waals surface area contributed by atoms with Gasteiger partial charge in [-0.1, -0.05) is 25.3 Å². The van der Waals surface area contributed by atoms with Crippen molar-refractivity contribution in [3.8, 4) is 16.9 Å². The number of ether oxygens (including phenoxy) is 1. The molecule has 312 valence electrons. The zero-order valence-electron chi connectivity index (χ0n) is 33.9. The lowest BCUT2D eigenvalue weighted by atomic mass is 9.85. The van der Waals surface area contributed by atoms with Gasteiger partial charge < -0.3 is 24.3 Å². The number of hydrogen-bond donors (Lipinski definition) is 1. The number of nitrogens with zero attached hydrogens (tertiary/aromatic N) is 6. The maximum absolute atomic E-state index is 16.4. The minimum Gasteiger partial charge on any atom is -0.493 e. The molecular weight excluding hydrogens is 760 g/mol. The van der Waals surface area contributed by atoms with E-state index in [-0.39, 0.29) is 53.8 Å². The van der Waals surface area contributed by atoms with E-state index in [1.807, 2.05) is 6.07 Å². The number of benzene rings is 3. The van der Waals surface area contributed by atoms with Gasteiger partial charge in [0.1, 0.15) is 41.1 Å². The summed E-state index contributed by atoms with van der Waals surface area (Å²) in [7, 11) is 2.08. The molecule has 1 aromatic heterocycles. The van der Waals surface area contributed by atoms with E-state index < -0.39 is 29.4 Å². The van der Waals surface area contributed by atoms with Gasteiger partial charge in [-0.2, -0.15) is 0 Å². The number of carbonyl (C=O) groups is 3. The second kappa shape index (κ2) is 17.6. The molecule has 14 heteroatoms. The van der Waals surface area contributed by atoms with Crippen LogP contribution in [0, 0.1) is 24.4 Å². The molecule has 3 saturated heterocycles. The zero-order valence-corrected chi connectivity index (χ0v) is 33.9. The van der Waals surface area contributed by atoms with Crippen molar-refractivity contribution in [1.82, 2.24) is 30.0 Å². The Kier molecular flexibility index (Phi) is 12.2. The molecule has 0 saturated carbocycles. The first-order chi connectivity index (χ1) is 28.6. The maximum Gasteiger partial charge on any atom is 0.255 e. The summed E-state index contributed by atoms with van der Waals surface area (Å²) in [4.78, 5) is 54.6. The van der Waals surface area contributed by atoms with E-state index in [4.69, 9.17) is 4.74 Å². The van der Waals surface area contributed by atoms with Crippen molar-refractivity contribution in [3.05, 3.63) is 82.4 Å². The Bertz CT molecular complexity index is 2240. The minimum atomic E-state index is -0.728. The van der Waals surface area contributed by atoms with Crippen molar-refractivity contribution in [2.75, 3.05) is 64.4 Å². The molecule has 1 N–H and O–H groups in total. The van der Waals surface area contributed by atoms with Gasteiger partial charge in [-0.25, -0.2) is 23.1 Å². The third-order valence-corrected chi connectivity index (χ3v) is 12.6. The number of likely N-dealkylation sites (tertiary alicyclic amines) is 1. The van der Waals surface area contributed by atoms with Crippen LogP contribution in [-0.4, -0.2) is 108 Å². The van der Waals surface area contributed by atoms with Crippen LogP contribution in [0.3, 0.4) is 0 Å². The van der Waals surface area contributed by atoms with Crippen molar-refractivity contribution in [3.63, 3.8) is 0 Å². The van der Waals surface area contributed by atoms with E-state index in [0.29, 0.717) is 34.7 Å². The number of piperidine rings is 2. The molecule has 1 atom stereocenters. The summed E-state index contributed by atoms with van der Waals surface area (Å²) in [6, 6.07) is 8.58. The molecular formula is C45H52F3N7O4. The van der Waals surface area contributed by atoms with Crippen molar-refractivity contribution in [1.29, 1.82) is 0 Å². The fourth-order valence-electron chi connectivity index (χ4n) is 9.35. The number of rotatable bonds is 13. The van der Waals surface area contributed by atoms with Gasteiger partial charge in [-0.15, -0.1) is 0 Å². The number of halogens is 3. The number of nitrogens with one attached hydrogen (secondary N) is 1. The molecule has 11 nitrogen and oxygen atoms in total. The highest BCUT2D eigenvalue weighted by Crippen LogP contribution is 2.41. The average molecular weight is 812 g/mol. The fraction of sp³-hybridized carbons (Fsp3) is 0.489. The summed E-state index contributed by atoms with van der Waals surface area (Å²) in [6.07, 6.45) is 8.40. The van der Waals surface area contributed by atoms with Gasteiger partial charge >= 0.3 is 0 Å². The number of likely N-dealkylation sites (N-methyl/N-ethyl adjacent to an activating group) is 1. The van der Waals surface area contributed by atoms with Crippen LogP contribution >= 0.6 is 0 Å². The standard InChI is InChI=1S/C45H52F3N7O4/c1-28-23-33-42(49-27-50-43(33)54-20-18-52(2)19-21-54)41(48)39(28)40-35(47)9-8-10-37(40)59-22-7-5-3-4-6-15-53-16-13-29(14-17-53)31-24-30(46)25-32-34(31)26-55(45(32)58)36-11-12-38(56)51-44(36)57/h8-10,23-25,27,29,36H,3-7,11-22,26H2,1-2H3,(H,51,56,57). The number of aromatic nitrogens is 2. The lowest BCUT2D eigenvalue weighted by molar-refractivity contribution is -0.136. The molecule has 0 bridgehead atoms. The van der Waals surface area contributed by atoms with Gasteiger partial charge in [0.25, 0.3) is 5.91 Å². The molecule has 0 radical (unpaired) electrons. The number of imide groups is 1. The molecule has 3 amide bonds. The molecule has 0 spiro atoms. The Labute approximate surface area is 342 Å². The number of anilines is 1. The normalized spacial score (nSPS) is 19.5. The van der Waals surface area contributed by atoms with Gasteiger partial charge in [0, 0.05) is 55.7 Å². The fourth-order valence-corrected chi connectivity index (χ4v) is 9.35. The van der Waals surface area contributed by atoms with Gasteiger partial charge in [0.2, 0.25) is 11.8 Å². The molecule has 5 heterocycles. The number of carbonyl (C=O) groups excluding carboxylic acids is 3. The molecule has 1 unspecified atom stereocenters. The number of fused-ring (bicyclic) bond motifs is 2. The van der Waals surface area contributed by atoms with E-state index in [1.165, 1.54) is 23.4 Å². The summed E-state index contributed by atoms with van der Waals surface area (Å²) in [5.74, 6) is -1.61. The van der Waals surface area contributed by atoms with Crippen LogP contribution in [0.15, 0.2) is 42.7 Å². The Hall–Kier alpha value is -5.08. The van der Waals surface area contributed by atoms with Crippen molar-refractivity contribution >= 4 is 34.4 Å². The number of piperazine rings is 1. The molecule has 3 aromatic carbocycles. The van der Waals surface area contributed by atoms with Gasteiger partial charge in [0.05, 0.1) is 12.2 Å². The van der Waals surface area contributed by atoms with Crippen LogP contribution in [0.1, 0.15) is 90.8 Å². The van der Waals surface area contributed by atoms with E-state index in [2.05, 4.69) is 37.0 Å². The maximum atomic E-state index is 16.4. The van der Waals surface area contributed by atoms with E-state index in [9.17, 15) is 18.8 Å². The summed E-state index contributed by atoms with van der Waals surface area (Å²) < 4.78 is 52.8.